The van der Waals surface area contributed by atoms with Gasteiger partial charge in [-0.3, -0.25) is 4.79 Å². The molecule has 1 aromatic rings. The van der Waals surface area contributed by atoms with Crippen molar-refractivity contribution in [2.24, 2.45) is 5.92 Å². The first-order valence-electron chi connectivity index (χ1n) is 9.13. The average Bonchev–Trinajstić information content (AvgIpc) is 3.09. The molecule has 2 saturated heterocycles. The number of amides is 1. The maximum Gasteiger partial charge on any atom is 0.220 e. The molecule has 1 aromatic carbocycles. The van der Waals surface area contributed by atoms with E-state index in [0.717, 1.165) is 44.8 Å². The SMILES string of the molecule is COc1cccc(N2CCC(NC(=O)CCC3CCNCC3)C2)c1.Cl.Cl. The maximum atomic E-state index is 12.2. The molecule has 0 saturated carbocycles. The van der Waals surface area contributed by atoms with Gasteiger partial charge in [-0.2, -0.15) is 0 Å². The molecule has 0 aromatic heterocycles. The largest absolute Gasteiger partial charge is 0.497 e. The number of benzene rings is 1. The predicted octanol–water partition coefficient (Wildman–Crippen LogP) is 3.01. The summed E-state index contributed by atoms with van der Waals surface area (Å²) in [6.07, 6.45) is 5.12. The van der Waals surface area contributed by atoms with Gasteiger partial charge in [-0.1, -0.05) is 6.07 Å². The molecule has 2 aliphatic rings. The van der Waals surface area contributed by atoms with E-state index in [1.165, 1.54) is 18.5 Å². The number of ether oxygens (including phenoxy) is 1. The first-order chi connectivity index (χ1) is 11.7. The number of carbonyl (C=O) groups is 1. The predicted molar refractivity (Wildman–Crippen MR) is 111 cm³/mol. The zero-order valence-corrected chi connectivity index (χ0v) is 17.0. The topological polar surface area (TPSA) is 53.6 Å². The van der Waals surface area contributed by atoms with E-state index in [9.17, 15) is 4.79 Å². The van der Waals surface area contributed by atoms with Crippen LogP contribution in [0.15, 0.2) is 24.3 Å². The van der Waals surface area contributed by atoms with Gasteiger partial charge in [-0.15, -0.1) is 24.8 Å². The summed E-state index contributed by atoms with van der Waals surface area (Å²) < 4.78 is 5.29. The summed E-state index contributed by atoms with van der Waals surface area (Å²) in [7, 11) is 1.69. The first kappa shape index (κ1) is 22.9. The van der Waals surface area contributed by atoms with Gasteiger partial charge in [-0.05, 0) is 56.8 Å². The van der Waals surface area contributed by atoms with Crippen LogP contribution in [0.4, 0.5) is 5.69 Å². The maximum absolute atomic E-state index is 12.2. The zero-order chi connectivity index (χ0) is 16.8. The van der Waals surface area contributed by atoms with Crippen molar-refractivity contribution in [3.05, 3.63) is 24.3 Å². The first-order valence-corrected chi connectivity index (χ1v) is 9.13. The number of halogens is 2. The number of carbonyl (C=O) groups excluding carboxylic acids is 1. The lowest BCUT2D eigenvalue weighted by Gasteiger charge is -2.22. The molecule has 2 fully saturated rings. The van der Waals surface area contributed by atoms with E-state index in [1.807, 2.05) is 12.1 Å². The van der Waals surface area contributed by atoms with E-state index in [0.29, 0.717) is 12.3 Å². The van der Waals surface area contributed by atoms with Crippen LogP contribution in [0.25, 0.3) is 0 Å². The van der Waals surface area contributed by atoms with Gasteiger partial charge in [-0.25, -0.2) is 0 Å². The fourth-order valence-electron chi connectivity index (χ4n) is 3.73. The van der Waals surface area contributed by atoms with Gasteiger partial charge in [0.25, 0.3) is 0 Å². The molecule has 2 aliphatic heterocycles. The van der Waals surface area contributed by atoms with Crippen molar-refractivity contribution in [2.75, 3.05) is 38.2 Å². The second kappa shape index (κ2) is 11.5. The fourth-order valence-corrected chi connectivity index (χ4v) is 3.73. The third-order valence-corrected chi connectivity index (χ3v) is 5.21. The normalized spacial score (nSPS) is 20.0. The van der Waals surface area contributed by atoms with Crippen LogP contribution in [0.3, 0.4) is 0 Å². The number of piperidine rings is 1. The van der Waals surface area contributed by atoms with Crippen LogP contribution in [0.1, 0.15) is 32.1 Å². The van der Waals surface area contributed by atoms with Gasteiger partial charge in [0.1, 0.15) is 5.75 Å². The molecule has 1 amide bonds. The lowest BCUT2D eigenvalue weighted by molar-refractivity contribution is -0.122. The van der Waals surface area contributed by atoms with Gasteiger partial charge >= 0.3 is 0 Å². The molecule has 0 bridgehead atoms. The molecule has 0 spiro atoms. The van der Waals surface area contributed by atoms with Crippen LogP contribution in [-0.2, 0) is 4.79 Å². The molecule has 0 radical (unpaired) electrons. The molecular weight excluding hydrogens is 373 g/mol. The summed E-state index contributed by atoms with van der Waals surface area (Å²) in [4.78, 5) is 14.5. The van der Waals surface area contributed by atoms with E-state index in [2.05, 4.69) is 27.7 Å². The Morgan fingerprint density at radius 1 is 1.27 bits per heavy atom. The van der Waals surface area contributed by atoms with Crippen LogP contribution in [0.2, 0.25) is 0 Å². The summed E-state index contributed by atoms with van der Waals surface area (Å²) in [5, 5.41) is 6.59. The van der Waals surface area contributed by atoms with Crippen molar-refractivity contribution >= 4 is 36.4 Å². The van der Waals surface area contributed by atoms with Crippen LogP contribution in [0, 0.1) is 5.92 Å². The number of methoxy groups -OCH3 is 1. The third-order valence-electron chi connectivity index (χ3n) is 5.21. The molecule has 3 rings (SSSR count). The highest BCUT2D eigenvalue weighted by molar-refractivity contribution is 5.85. The highest BCUT2D eigenvalue weighted by Crippen LogP contribution is 2.24. The summed E-state index contributed by atoms with van der Waals surface area (Å²) in [6, 6.07) is 8.39. The van der Waals surface area contributed by atoms with Gasteiger partial charge in [0.2, 0.25) is 5.91 Å². The fraction of sp³-hybridized carbons (Fsp3) is 0.632. The quantitative estimate of drug-likeness (QED) is 0.766. The van der Waals surface area contributed by atoms with E-state index in [1.54, 1.807) is 7.11 Å². The lowest BCUT2D eigenvalue weighted by atomic mass is 9.93. The second-order valence-corrected chi connectivity index (χ2v) is 6.93. The van der Waals surface area contributed by atoms with E-state index in [-0.39, 0.29) is 36.8 Å². The highest BCUT2D eigenvalue weighted by atomic mass is 35.5. The Balaban J connectivity index is 0.00000169. The minimum Gasteiger partial charge on any atom is -0.497 e. The molecular formula is C19H31Cl2N3O2. The van der Waals surface area contributed by atoms with E-state index >= 15 is 0 Å². The minimum absolute atomic E-state index is 0. The second-order valence-electron chi connectivity index (χ2n) is 6.93. The van der Waals surface area contributed by atoms with Crippen molar-refractivity contribution in [3.8, 4) is 5.75 Å². The average molecular weight is 404 g/mol. The van der Waals surface area contributed by atoms with Crippen LogP contribution < -0.4 is 20.3 Å². The Labute approximate surface area is 169 Å². The molecule has 7 heteroatoms. The Bertz CT molecular complexity index is 553. The number of nitrogens with zero attached hydrogens (tertiary/aromatic N) is 1. The highest BCUT2D eigenvalue weighted by Gasteiger charge is 2.24. The number of nitrogens with one attached hydrogen (secondary N) is 2. The van der Waals surface area contributed by atoms with Gasteiger partial charge in [0, 0.05) is 37.3 Å². The molecule has 1 atom stereocenters. The van der Waals surface area contributed by atoms with Gasteiger partial charge in [0.05, 0.1) is 7.11 Å². The summed E-state index contributed by atoms with van der Waals surface area (Å²) >= 11 is 0. The van der Waals surface area contributed by atoms with Crippen LogP contribution >= 0.6 is 24.8 Å². The molecule has 0 aliphatic carbocycles. The van der Waals surface area contributed by atoms with Crippen molar-refractivity contribution in [2.45, 2.75) is 38.1 Å². The molecule has 2 N–H and O–H groups in total. The monoisotopic (exact) mass is 403 g/mol. The third kappa shape index (κ3) is 6.53. The van der Waals surface area contributed by atoms with E-state index < -0.39 is 0 Å². The van der Waals surface area contributed by atoms with Crippen molar-refractivity contribution in [3.63, 3.8) is 0 Å². The lowest BCUT2D eigenvalue weighted by Crippen LogP contribution is -2.37. The van der Waals surface area contributed by atoms with Crippen LogP contribution in [0.5, 0.6) is 5.75 Å². The molecule has 26 heavy (non-hydrogen) atoms. The minimum atomic E-state index is 0. The molecule has 148 valence electrons. The molecule has 2 heterocycles. The van der Waals surface area contributed by atoms with Crippen LogP contribution in [-0.4, -0.2) is 45.2 Å². The number of hydrogen-bond acceptors (Lipinski definition) is 4. The Morgan fingerprint density at radius 2 is 2.04 bits per heavy atom. The number of hydrogen-bond donors (Lipinski definition) is 2. The van der Waals surface area contributed by atoms with Crippen molar-refractivity contribution in [1.29, 1.82) is 0 Å². The van der Waals surface area contributed by atoms with Crippen molar-refractivity contribution in [1.82, 2.24) is 10.6 Å². The standard InChI is InChI=1S/C19H29N3O2.2ClH/c1-24-18-4-2-3-17(13-18)22-12-9-16(14-22)21-19(23)6-5-15-7-10-20-11-8-15;;/h2-4,13,15-16,20H,5-12,14H2,1H3,(H,21,23);2*1H. The summed E-state index contributed by atoms with van der Waals surface area (Å²) in [5.41, 5.74) is 1.17. The smallest absolute Gasteiger partial charge is 0.220 e. The Kier molecular flexibility index (Phi) is 10.1. The number of anilines is 1. The molecule has 5 nitrogen and oxygen atoms in total. The summed E-state index contributed by atoms with van der Waals surface area (Å²) in [6.45, 7) is 4.06. The van der Waals surface area contributed by atoms with Gasteiger partial charge < -0.3 is 20.3 Å². The Hall–Kier alpha value is -1.17. The van der Waals surface area contributed by atoms with Gasteiger partial charge in [0.15, 0.2) is 0 Å². The Morgan fingerprint density at radius 3 is 2.77 bits per heavy atom. The summed E-state index contributed by atoms with van der Waals surface area (Å²) in [5.74, 6) is 1.81. The van der Waals surface area contributed by atoms with Crippen molar-refractivity contribution < 1.29 is 9.53 Å². The van der Waals surface area contributed by atoms with E-state index in [4.69, 9.17) is 4.74 Å². The zero-order valence-electron chi connectivity index (χ0n) is 15.4. The molecule has 1 unspecified atom stereocenters. The number of rotatable bonds is 6.